The van der Waals surface area contributed by atoms with E-state index < -0.39 is 26.5 Å². The largest absolute Gasteiger partial charge is 0.487 e. The number of benzene rings is 2. The summed E-state index contributed by atoms with van der Waals surface area (Å²) in [6.07, 6.45) is 4.05. The van der Waals surface area contributed by atoms with Gasteiger partial charge in [-0.3, -0.25) is 14.9 Å². The first-order valence-corrected chi connectivity index (χ1v) is 11.9. The lowest BCUT2D eigenvalue weighted by Gasteiger charge is -2.46. The normalized spacial score (nSPS) is 18.0. The molecule has 0 aromatic heterocycles. The molecule has 2 fully saturated rings. The van der Waals surface area contributed by atoms with Crippen LogP contribution in [0.4, 0.5) is 5.69 Å². The molecule has 0 unspecified atom stereocenters. The number of hydrogen-bond acceptors (Lipinski definition) is 7. The van der Waals surface area contributed by atoms with Crippen molar-refractivity contribution >= 4 is 21.6 Å². The Morgan fingerprint density at radius 3 is 2.44 bits per heavy atom. The first-order valence-electron chi connectivity index (χ1n) is 10.4. The summed E-state index contributed by atoms with van der Waals surface area (Å²) in [5.41, 5.74) is 0.0100. The topological polar surface area (TPSA) is 125 Å². The second kappa shape index (κ2) is 8.87. The molecule has 1 spiro atoms. The number of carbonyl (C=O) groups excluding carboxylic acids is 1. The van der Waals surface area contributed by atoms with Gasteiger partial charge in [0.1, 0.15) is 0 Å². The predicted molar refractivity (Wildman–Crippen MR) is 115 cm³/mol. The fraction of sp³-hybridized carbons (Fsp3) is 0.409. The number of nitro groups is 1. The van der Waals surface area contributed by atoms with Crippen LogP contribution in [0.5, 0.6) is 5.75 Å². The molecule has 1 aliphatic carbocycles. The minimum absolute atomic E-state index is 0.00981. The zero-order chi connectivity index (χ0) is 22.8. The zero-order valence-corrected chi connectivity index (χ0v) is 18.2. The molecule has 1 saturated heterocycles. The molecule has 1 amide bonds. The smallest absolute Gasteiger partial charge is 0.312 e. The van der Waals surface area contributed by atoms with E-state index in [9.17, 15) is 23.3 Å². The molecule has 170 valence electrons. The van der Waals surface area contributed by atoms with Crippen LogP contribution in [-0.4, -0.2) is 39.1 Å². The summed E-state index contributed by atoms with van der Waals surface area (Å²) in [5, 5.41) is 11.6. The van der Waals surface area contributed by atoms with Crippen LogP contribution in [0.25, 0.3) is 0 Å². The van der Waals surface area contributed by atoms with Crippen molar-refractivity contribution in [3.05, 3.63) is 64.2 Å². The van der Waals surface area contributed by atoms with Crippen LogP contribution in [0.2, 0.25) is 0 Å². The van der Waals surface area contributed by atoms with E-state index in [-0.39, 0.29) is 22.1 Å². The second-order valence-electron chi connectivity index (χ2n) is 8.43. The standard InChI is InChI=1S/C22H24N2O7S/c25-21(17-4-2-1-3-5-17)23-32(28,29)18-6-7-20(19(12-18)24(26)27)31-13-16-8-10-22(11-9-16)14-30-15-22/h1-7,12,16H,8-11,13-15H2,(H,23,25). The van der Waals surface area contributed by atoms with Crippen LogP contribution in [0.3, 0.4) is 0 Å². The van der Waals surface area contributed by atoms with Crippen molar-refractivity contribution in [1.29, 1.82) is 0 Å². The van der Waals surface area contributed by atoms with Gasteiger partial charge in [0, 0.05) is 17.0 Å². The summed E-state index contributed by atoms with van der Waals surface area (Å²) in [5.74, 6) is -0.523. The van der Waals surface area contributed by atoms with E-state index in [1.807, 2.05) is 4.72 Å². The van der Waals surface area contributed by atoms with Gasteiger partial charge in [0.2, 0.25) is 0 Å². The molecule has 1 saturated carbocycles. The number of carbonyl (C=O) groups is 1. The summed E-state index contributed by atoms with van der Waals surface area (Å²) in [6, 6.07) is 11.2. The van der Waals surface area contributed by atoms with Crippen molar-refractivity contribution in [3.63, 3.8) is 0 Å². The minimum Gasteiger partial charge on any atom is -0.487 e. The number of nitrogens with zero attached hydrogens (tertiary/aromatic N) is 1. The van der Waals surface area contributed by atoms with Crippen LogP contribution in [0.15, 0.2) is 53.4 Å². The lowest BCUT2D eigenvalue weighted by Crippen LogP contribution is -2.45. The van der Waals surface area contributed by atoms with Gasteiger partial charge >= 0.3 is 5.69 Å². The molecule has 1 heterocycles. The Morgan fingerprint density at radius 1 is 1.16 bits per heavy atom. The Kier molecular flexibility index (Phi) is 6.16. The molecule has 2 aromatic rings. The van der Waals surface area contributed by atoms with Gasteiger partial charge in [-0.15, -0.1) is 0 Å². The van der Waals surface area contributed by atoms with Gasteiger partial charge in [-0.1, -0.05) is 18.2 Å². The average Bonchev–Trinajstić information content (AvgIpc) is 2.77. The first kappa shape index (κ1) is 22.2. The van der Waals surface area contributed by atoms with Crippen molar-refractivity contribution < 1.29 is 27.6 Å². The minimum atomic E-state index is -4.30. The second-order valence-corrected chi connectivity index (χ2v) is 10.1. The fourth-order valence-corrected chi connectivity index (χ4v) is 5.10. The first-order chi connectivity index (χ1) is 15.3. The van der Waals surface area contributed by atoms with Gasteiger partial charge < -0.3 is 9.47 Å². The molecule has 10 heteroatoms. The number of nitro benzene ring substituents is 1. The number of amides is 1. The Balaban J connectivity index is 1.44. The summed E-state index contributed by atoms with van der Waals surface area (Å²) in [6.45, 7) is 1.94. The molecule has 9 nitrogen and oxygen atoms in total. The fourth-order valence-electron chi connectivity index (χ4n) is 4.10. The van der Waals surface area contributed by atoms with E-state index in [1.165, 1.54) is 24.3 Å². The van der Waals surface area contributed by atoms with Crippen LogP contribution in [-0.2, 0) is 14.8 Å². The van der Waals surface area contributed by atoms with Gasteiger partial charge in [-0.25, -0.2) is 13.1 Å². The lowest BCUT2D eigenvalue weighted by molar-refractivity contribution is -0.386. The predicted octanol–water partition coefficient (Wildman–Crippen LogP) is 3.30. The van der Waals surface area contributed by atoms with Gasteiger partial charge in [0.05, 0.1) is 29.6 Å². The molecule has 0 atom stereocenters. The maximum atomic E-state index is 12.6. The molecule has 4 rings (SSSR count). The number of nitrogens with one attached hydrogen (secondary N) is 1. The van der Waals surface area contributed by atoms with Crippen LogP contribution in [0.1, 0.15) is 36.0 Å². The number of ether oxygens (including phenoxy) is 2. The number of hydrogen-bond donors (Lipinski definition) is 1. The highest BCUT2D eigenvalue weighted by Gasteiger charge is 2.41. The van der Waals surface area contributed by atoms with Crippen LogP contribution >= 0.6 is 0 Å². The number of sulfonamides is 1. The third-order valence-corrected chi connectivity index (χ3v) is 7.49. The summed E-state index contributed by atoms with van der Waals surface area (Å²) in [4.78, 5) is 22.7. The Morgan fingerprint density at radius 2 is 1.84 bits per heavy atom. The van der Waals surface area contributed by atoms with E-state index in [0.29, 0.717) is 12.0 Å². The van der Waals surface area contributed by atoms with Crippen molar-refractivity contribution in [3.8, 4) is 5.75 Å². The average molecular weight is 461 g/mol. The molecular weight excluding hydrogens is 436 g/mol. The van der Waals surface area contributed by atoms with E-state index in [4.69, 9.17) is 9.47 Å². The molecule has 2 aliphatic rings. The third kappa shape index (κ3) is 4.76. The Labute approximate surface area is 185 Å². The molecule has 2 aromatic carbocycles. The van der Waals surface area contributed by atoms with Crippen LogP contribution < -0.4 is 9.46 Å². The van der Waals surface area contributed by atoms with E-state index in [2.05, 4.69) is 0 Å². The van der Waals surface area contributed by atoms with Crippen molar-refractivity contribution in [1.82, 2.24) is 4.72 Å². The Bertz CT molecular complexity index is 1100. The Hall–Kier alpha value is -2.98. The summed E-state index contributed by atoms with van der Waals surface area (Å²) < 4.78 is 38.2. The zero-order valence-electron chi connectivity index (χ0n) is 17.4. The van der Waals surface area contributed by atoms with Crippen molar-refractivity contribution in [2.24, 2.45) is 11.3 Å². The highest BCUT2D eigenvalue weighted by Crippen LogP contribution is 2.44. The van der Waals surface area contributed by atoms with E-state index in [0.717, 1.165) is 45.0 Å². The molecule has 1 aliphatic heterocycles. The highest BCUT2D eigenvalue weighted by molar-refractivity contribution is 7.90. The summed E-state index contributed by atoms with van der Waals surface area (Å²) in [7, 11) is -4.30. The van der Waals surface area contributed by atoms with Gasteiger partial charge in [0.15, 0.2) is 5.75 Å². The summed E-state index contributed by atoms with van der Waals surface area (Å²) >= 11 is 0. The quantitative estimate of drug-likeness (QED) is 0.496. The molecule has 0 radical (unpaired) electrons. The van der Waals surface area contributed by atoms with Gasteiger partial charge in [-0.2, -0.15) is 0 Å². The maximum absolute atomic E-state index is 12.6. The van der Waals surface area contributed by atoms with Gasteiger partial charge in [-0.05, 0) is 55.9 Å². The number of rotatable bonds is 7. The lowest BCUT2D eigenvalue weighted by atomic mass is 9.69. The van der Waals surface area contributed by atoms with Crippen molar-refractivity contribution in [2.75, 3.05) is 19.8 Å². The molecule has 1 N–H and O–H groups in total. The van der Waals surface area contributed by atoms with E-state index >= 15 is 0 Å². The maximum Gasteiger partial charge on any atom is 0.312 e. The molecular formula is C22H24N2O7S. The van der Waals surface area contributed by atoms with E-state index in [1.54, 1.807) is 18.2 Å². The molecule has 0 bridgehead atoms. The SMILES string of the molecule is O=C(NS(=O)(=O)c1ccc(OCC2CCC3(CC2)COC3)c([N+](=O)[O-])c1)c1ccccc1. The van der Waals surface area contributed by atoms with Crippen molar-refractivity contribution in [2.45, 2.75) is 30.6 Å². The third-order valence-electron chi connectivity index (χ3n) is 6.16. The monoisotopic (exact) mass is 460 g/mol. The van der Waals surface area contributed by atoms with Gasteiger partial charge in [0.25, 0.3) is 15.9 Å². The van der Waals surface area contributed by atoms with Crippen LogP contribution in [0, 0.1) is 21.4 Å². The highest BCUT2D eigenvalue weighted by atomic mass is 32.2. The molecule has 32 heavy (non-hydrogen) atoms.